The van der Waals surface area contributed by atoms with Crippen molar-refractivity contribution in [1.82, 2.24) is 29.7 Å². The molecule has 0 unspecified atom stereocenters. The number of carbonyl (C=O) groups excluding carboxylic acids is 4. The van der Waals surface area contributed by atoms with E-state index in [-0.39, 0.29) is 50.4 Å². The third-order valence-electron chi connectivity index (χ3n) is 16.3. The van der Waals surface area contributed by atoms with E-state index in [1.165, 1.54) is 98.0 Å². The molecule has 96 heavy (non-hydrogen) atoms. The van der Waals surface area contributed by atoms with Crippen LogP contribution >= 0.6 is 11.6 Å². The zero-order valence-corrected chi connectivity index (χ0v) is 54.4. The van der Waals surface area contributed by atoms with Gasteiger partial charge in [0.05, 0.1) is 46.7 Å². The zero-order chi connectivity index (χ0) is 68.1. The minimum Gasteiger partial charge on any atom is -0.395 e. The number of hydrogen-bond donors (Lipinski definition) is 6. The van der Waals surface area contributed by atoms with Gasteiger partial charge in [0, 0.05) is 103 Å². The number of nitrogens with one attached hydrogen (secondary N) is 6. The van der Waals surface area contributed by atoms with Crippen LogP contribution in [0.3, 0.4) is 0 Å². The number of benzene rings is 6. The van der Waals surface area contributed by atoms with E-state index in [1.807, 2.05) is 31.2 Å². The number of anilines is 10. The lowest BCUT2D eigenvalue weighted by atomic mass is 9.44. The van der Waals surface area contributed by atoms with Crippen LogP contribution < -0.4 is 60.6 Å². The Labute approximate surface area is 558 Å². The largest absolute Gasteiger partial charge is 0.586 e. The highest BCUT2D eigenvalue weighted by Gasteiger charge is 2.44. The normalized spacial score (nSPS) is 15.0. The third kappa shape index (κ3) is 18.2. The number of carbonyl (C=O) groups is 4. The molecule has 0 saturated carbocycles. The zero-order valence-electron chi connectivity index (χ0n) is 53.7. The van der Waals surface area contributed by atoms with Gasteiger partial charge >= 0.3 is 12.6 Å². The number of piperazine rings is 2. The molecule has 0 spiro atoms. The van der Waals surface area contributed by atoms with Crippen molar-refractivity contribution in [3.8, 4) is 23.0 Å². The Morgan fingerprint density at radius 1 is 0.448 bits per heavy atom. The first-order chi connectivity index (χ1) is 46.1. The van der Waals surface area contributed by atoms with Crippen LogP contribution in [0.2, 0.25) is 24.0 Å². The third-order valence-corrected chi connectivity index (χ3v) is 16.7. The van der Waals surface area contributed by atoms with Crippen LogP contribution in [0.1, 0.15) is 74.7 Å². The molecule has 4 aliphatic heterocycles. The molecule has 22 nitrogen and oxygen atoms in total. The minimum atomic E-state index is -3.80. The Balaban J connectivity index is 0.000000190. The molecule has 500 valence electrons. The van der Waals surface area contributed by atoms with Crippen molar-refractivity contribution in [2.45, 2.75) is 65.7 Å². The second-order valence-electron chi connectivity index (χ2n) is 23.0. The van der Waals surface area contributed by atoms with Crippen molar-refractivity contribution < 1.29 is 55.7 Å². The number of amides is 4. The molecule has 28 heteroatoms. The number of aryl methyl sites for hydroxylation is 1. The summed E-state index contributed by atoms with van der Waals surface area (Å²) >= 11 is 6.26. The van der Waals surface area contributed by atoms with Crippen LogP contribution in [0.25, 0.3) is 0 Å². The maximum absolute atomic E-state index is 13.4. The van der Waals surface area contributed by atoms with Gasteiger partial charge in [0.15, 0.2) is 23.0 Å². The summed E-state index contributed by atoms with van der Waals surface area (Å²) in [6.07, 6.45) is 2.97. The van der Waals surface area contributed by atoms with Crippen LogP contribution in [-0.2, 0) is 6.42 Å². The summed E-state index contributed by atoms with van der Waals surface area (Å²) in [4.78, 5) is 78.4. The van der Waals surface area contributed by atoms with E-state index in [0.29, 0.717) is 40.9 Å². The molecule has 6 aromatic carbocycles. The highest BCUT2D eigenvalue weighted by atomic mass is 35.5. The predicted octanol–water partition coefficient (Wildman–Crippen LogP) is 13.4. The monoisotopic (exact) mass is 1330 g/mol. The van der Waals surface area contributed by atoms with Gasteiger partial charge in [-0.3, -0.25) is 19.2 Å². The molecule has 6 heterocycles. The number of nitrogens with zero attached hydrogens (tertiary/aromatic N) is 8. The van der Waals surface area contributed by atoms with Crippen molar-refractivity contribution in [1.29, 1.82) is 0 Å². The van der Waals surface area contributed by atoms with E-state index in [1.54, 1.807) is 18.2 Å². The molecule has 4 amide bonds. The Morgan fingerprint density at radius 2 is 0.812 bits per heavy atom. The van der Waals surface area contributed by atoms with Crippen molar-refractivity contribution in [2.24, 2.45) is 0 Å². The minimum absolute atomic E-state index is 0.0443. The molecule has 0 radical (unpaired) electrons. The fourth-order valence-electron chi connectivity index (χ4n) is 10.6. The van der Waals surface area contributed by atoms with Gasteiger partial charge in [0.25, 0.3) is 23.6 Å². The Kier molecular flexibility index (Phi) is 22.1. The van der Waals surface area contributed by atoms with Crippen molar-refractivity contribution >= 4 is 99.3 Å². The van der Waals surface area contributed by atoms with Crippen LogP contribution in [0.15, 0.2) is 146 Å². The number of aromatic nitrogens is 4. The molecule has 0 bridgehead atoms. The number of halogens is 5. The van der Waals surface area contributed by atoms with Gasteiger partial charge in [0.2, 0.25) is 11.9 Å². The Morgan fingerprint density at radius 3 is 1.21 bits per heavy atom. The van der Waals surface area contributed by atoms with Crippen molar-refractivity contribution in [3.63, 3.8) is 0 Å². The molecule has 0 atom stereocenters. The summed E-state index contributed by atoms with van der Waals surface area (Å²) in [6.45, 7) is 17.8. The highest BCUT2D eigenvalue weighted by Crippen LogP contribution is 2.43. The van der Waals surface area contributed by atoms with Gasteiger partial charge < -0.3 is 70.4 Å². The Bertz CT molecular complexity index is 4030. The molecule has 0 aliphatic carbocycles. The topological polar surface area (TPSA) is 242 Å². The van der Waals surface area contributed by atoms with Crippen molar-refractivity contribution in [3.05, 3.63) is 179 Å². The van der Waals surface area contributed by atoms with Crippen LogP contribution in [0.5, 0.6) is 23.0 Å². The van der Waals surface area contributed by atoms with E-state index in [2.05, 4.69) is 150 Å². The summed E-state index contributed by atoms with van der Waals surface area (Å²) in [6, 6.07) is 32.8. The van der Waals surface area contributed by atoms with E-state index in [0.717, 1.165) is 87.8 Å². The van der Waals surface area contributed by atoms with Gasteiger partial charge in [-0.1, -0.05) is 64.3 Å². The molecular formula is C68H72BClF4N14O8. The molecule has 2 saturated heterocycles. The average Bonchev–Trinajstić information content (AvgIpc) is 1.74. The summed E-state index contributed by atoms with van der Waals surface area (Å²) in [7, 11) is 4.25. The van der Waals surface area contributed by atoms with Crippen molar-refractivity contribution in [2.75, 3.05) is 108 Å². The number of likely N-dealkylation sites (N-methyl/N-ethyl adjacent to an activating group) is 2. The summed E-state index contributed by atoms with van der Waals surface area (Å²) in [5, 5.41) is 17.3. The second kappa shape index (κ2) is 30.9. The molecule has 2 aromatic heterocycles. The maximum Gasteiger partial charge on any atom is 0.586 e. The predicted molar refractivity (Wildman–Crippen MR) is 365 cm³/mol. The summed E-state index contributed by atoms with van der Waals surface area (Å²) in [5.41, 5.74) is 6.63. The van der Waals surface area contributed by atoms with Crippen LogP contribution in [0.4, 0.5) is 75.0 Å². The maximum atomic E-state index is 13.4. The molecule has 4 aliphatic rings. The second-order valence-corrected chi connectivity index (χ2v) is 23.4. The SMILES string of the molecule is CCB(CC)CC.CCc1ccc(NC(=O)c2ccc3c(c2)OC(F)(F)O3)cc1C(=O)Nc1cnc(Nc2ccc(N3CCN(C)CC3)cc2)nc1.CN1CCN(c2ccc(Nc3ncc(NC(=O)c4cc(NC(=O)c5ccc6c(c5)OC(F)(F)O6)ccc4Cl)cn3)cc2)CC1. The molecule has 12 rings (SSSR count). The summed E-state index contributed by atoms with van der Waals surface area (Å²) in [5.74, 6) is -2.26. The van der Waals surface area contributed by atoms with Gasteiger partial charge in [-0.25, -0.2) is 19.9 Å². The van der Waals surface area contributed by atoms with Gasteiger partial charge in [-0.05, 0) is 141 Å². The fraction of sp³-hybridized carbons (Fsp3) is 0.294. The molecular weight excluding hydrogens is 1260 g/mol. The first-order valence-corrected chi connectivity index (χ1v) is 31.7. The highest BCUT2D eigenvalue weighted by molar-refractivity contribution is 6.58. The molecule has 6 N–H and O–H groups in total. The number of hydrogen-bond acceptors (Lipinski definition) is 18. The molecule has 2 fully saturated rings. The average molecular weight is 1340 g/mol. The summed E-state index contributed by atoms with van der Waals surface area (Å²) < 4.78 is 70.9. The molecule has 8 aromatic rings. The first kappa shape index (κ1) is 68.6. The van der Waals surface area contributed by atoms with Gasteiger partial charge in [-0.2, -0.15) is 0 Å². The van der Waals surface area contributed by atoms with Crippen LogP contribution in [-0.4, -0.2) is 139 Å². The lowest BCUT2D eigenvalue weighted by Gasteiger charge is -2.34. The number of rotatable bonds is 18. The quantitative estimate of drug-likeness (QED) is 0.0346. The number of fused-ring (bicyclic) bond motifs is 2. The standard InChI is InChI=1S/C32H31F2N7O4.C30H26ClF2N7O4.C6H15B/c1-3-20-4-6-23(37-29(42)21-5-11-27-28(16-21)45-32(33,34)44-27)17-26(20)30(43)38-24-18-35-31(36-19-24)39-22-7-9-25(10-8-22)41-14-12-40(2)13-15-41;1-39-10-12-40(13-11-39)22-6-3-19(4-7-22)38-29-34-16-21(17-35-29)37-28(42)23-15-20(5-8-24(23)31)36-27(41)18-2-9-25-26(14-18)44-30(32,33)43-25;1-4-7(5-2)6-3/h4-11,16-19H,3,12-15H2,1-2H3,(H,37,42)(H,38,43)(H,35,36,39);2-9,14-17H,10-13H2,1H3,(H,36,41)(H,37,42)(H,34,35,38);4-6H2,1-3H3. The fourth-order valence-corrected chi connectivity index (χ4v) is 10.8. The smallest absolute Gasteiger partial charge is 0.395 e. The van der Waals surface area contributed by atoms with E-state index >= 15 is 0 Å². The Hall–Kier alpha value is -10.2. The first-order valence-electron chi connectivity index (χ1n) is 31.3. The number of alkyl halides is 4. The van der Waals surface area contributed by atoms with Gasteiger partial charge in [0.1, 0.15) is 6.71 Å². The van der Waals surface area contributed by atoms with Gasteiger partial charge in [-0.15, -0.1) is 17.6 Å². The lowest BCUT2D eigenvalue weighted by molar-refractivity contribution is -0.287. The number of ether oxygens (including phenoxy) is 4. The van der Waals surface area contributed by atoms with E-state index in [9.17, 15) is 36.7 Å². The van der Waals surface area contributed by atoms with Crippen LogP contribution in [0, 0.1) is 0 Å². The lowest BCUT2D eigenvalue weighted by Crippen LogP contribution is -2.44. The van der Waals surface area contributed by atoms with E-state index < -0.39 is 36.2 Å². The van der Waals surface area contributed by atoms with E-state index in [4.69, 9.17) is 11.6 Å².